The fraction of sp³-hybridized carbons (Fsp3) is 0.556. The van der Waals surface area contributed by atoms with Crippen molar-refractivity contribution in [3.8, 4) is 11.5 Å². The Labute approximate surface area is 315 Å². The number of benzene rings is 2. The molecule has 0 saturated carbocycles. The van der Waals surface area contributed by atoms with Crippen LogP contribution in [0.1, 0.15) is 113 Å². The number of halogens is 4. The van der Waals surface area contributed by atoms with Gasteiger partial charge < -0.3 is 29.1 Å². The first-order valence-corrected chi connectivity index (χ1v) is 20.4. The summed E-state index contributed by atoms with van der Waals surface area (Å²) >= 11 is 12.5. The van der Waals surface area contributed by atoms with E-state index in [2.05, 4.69) is 5.32 Å². The summed E-state index contributed by atoms with van der Waals surface area (Å²) in [5.74, 6) is -3.48. The zero-order valence-corrected chi connectivity index (χ0v) is 34.3. The predicted molar refractivity (Wildman–Crippen MR) is 198 cm³/mol. The average Bonchev–Trinajstić information content (AvgIpc) is 3.00. The fourth-order valence-electron chi connectivity index (χ4n) is 5.22. The molecular weight excluding hydrogens is 741 g/mol. The standard InChI is InChI=1S/C36H50Cl2F2N2O9Si/c1-13-48-31-21(19(3)43)15-23(37)29(39)27(31)25(41-33(45)46)17-50-34(47)42(35(5,6)7)26(18-51-52(11,12)36(8,9)10)28-30(40)24(38)16-22(20(4)44)32(28)49-14-2/h15-16,25-26,41H,13-14,17-18H2,1-12H3,(H,45,46). The van der Waals surface area contributed by atoms with Gasteiger partial charge in [0.1, 0.15) is 18.1 Å². The van der Waals surface area contributed by atoms with Gasteiger partial charge in [-0.1, -0.05) is 44.0 Å². The van der Waals surface area contributed by atoms with E-state index in [9.17, 15) is 24.3 Å². The quantitative estimate of drug-likeness (QED) is 0.133. The van der Waals surface area contributed by atoms with Crippen molar-refractivity contribution in [2.45, 2.75) is 105 Å². The van der Waals surface area contributed by atoms with Gasteiger partial charge in [0.25, 0.3) is 0 Å². The number of carbonyl (C=O) groups is 4. The number of Topliss-reactive ketones (excluding diaryl/α,β-unsaturated/α-hetero) is 2. The van der Waals surface area contributed by atoms with Crippen LogP contribution < -0.4 is 14.8 Å². The van der Waals surface area contributed by atoms with Gasteiger partial charge in [0, 0.05) is 5.54 Å². The zero-order chi connectivity index (χ0) is 40.1. The van der Waals surface area contributed by atoms with E-state index in [1.54, 1.807) is 34.6 Å². The van der Waals surface area contributed by atoms with Gasteiger partial charge in [-0.15, -0.1) is 0 Å². The number of carboxylic acid groups (broad SMARTS) is 1. The van der Waals surface area contributed by atoms with E-state index in [1.807, 2.05) is 33.9 Å². The van der Waals surface area contributed by atoms with Crippen LogP contribution in [-0.4, -0.2) is 74.0 Å². The van der Waals surface area contributed by atoms with Crippen LogP contribution in [0.4, 0.5) is 18.4 Å². The van der Waals surface area contributed by atoms with Crippen LogP contribution in [-0.2, 0) is 9.16 Å². The second kappa shape index (κ2) is 17.6. The summed E-state index contributed by atoms with van der Waals surface area (Å²) in [5.41, 5.74) is -1.99. The number of nitrogens with one attached hydrogen (secondary N) is 1. The maximum absolute atomic E-state index is 16.4. The molecule has 0 radical (unpaired) electrons. The highest BCUT2D eigenvalue weighted by molar-refractivity contribution is 6.74. The lowest BCUT2D eigenvalue weighted by atomic mass is 9.95. The first-order valence-electron chi connectivity index (χ1n) is 16.7. The van der Waals surface area contributed by atoms with Crippen LogP contribution in [0, 0.1) is 11.6 Å². The molecule has 2 rings (SSSR count). The Morgan fingerprint density at radius 1 is 0.846 bits per heavy atom. The number of ketones is 2. The number of ether oxygens (including phenoxy) is 3. The SMILES string of the molecule is CCOc1c(C(C)=O)cc(Cl)c(F)c1C(COC(=O)N(C(CO[Si](C)(C)C(C)(C)C)c1c(F)c(Cl)cc(C(C)=O)c1OCC)C(C)(C)C)NC(=O)O. The maximum Gasteiger partial charge on any atom is 0.410 e. The van der Waals surface area contributed by atoms with E-state index in [1.165, 1.54) is 18.7 Å². The van der Waals surface area contributed by atoms with Crippen molar-refractivity contribution in [3.63, 3.8) is 0 Å². The number of rotatable bonds is 15. The van der Waals surface area contributed by atoms with E-state index in [0.29, 0.717) is 0 Å². The van der Waals surface area contributed by atoms with Crippen molar-refractivity contribution in [2.75, 3.05) is 26.4 Å². The van der Waals surface area contributed by atoms with E-state index >= 15 is 8.78 Å². The molecule has 0 aromatic heterocycles. The molecule has 0 heterocycles. The van der Waals surface area contributed by atoms with Crippen molar-refractivity contribution >= 4 is 55.3 Å². The van der Waals surface area contributed by atoms with Crippen molar-refractivity contribution < 1.29 is 51.7 Å². The Hall–Kier alpha value is -3.46. The number of hydrogen-bond donors (Lipinski definition) is 2. The van der Waals surface area contributed by atoms with Crippen molar-refractivity contribution in [1.82, 2.24) is 10.2 Å². The third-order valence-electron chi connectivity index (χ3n) is 8.74. The lowest BCUT2D eigenvalue weighted by molar-refractivity contribution is 0.0212. The van der Waals surface area contributed by atoms with Crippen LogP contribution in [0.3, 0.4) is 0 Å². The molecule has 2 aromatic carbocycles. The summed E-state index contributed by atoms with van der Waals surface area (Å²) in [5, 5.41) is 10.7. The van der Waals surface area contributed by atoms with Crippen molar-refractivity contribution in [2.24, 2.45) is 0 Å². The highest BCUT2D eigenvalue weighted by Gasteiger charge is 2.44. The lowest BCUT2D eigenvalue weighted by Crippen LogP contribution is -2.52. The Bertz CT molecular complexity index is 1680. The first-order chi connectivity index (χ1) is 23.8. The molecule has 0 aliphatic carbocycles. The summed E-state index contributed by atoms with van der Waals surface area (Å²) in [4.78, 5) is 52.8. The van der Waals surface area contributed by atoms with E-state index in [0.717, 1.165) is 12.1 Å². The first kappa shape index (κ1) is 44.7. The monoisotopic (exact) mass is 790 g/mol. The molecule has 52 heavy (non-hydrogen) atoms. The molecule has 16 heteroatoms. The lowest BCUT2D eigenvalue weighted by Gasteiger charge is -2.44. The Balaban J connectivity index is 2.88. The summed E-state index contributed by atoms with van der Waals surface area (Å²) in [6.07, 6.45) is -2.70. The molecule has 0 aliphatic rings. The molecule has 0 spiro atoms. The number of carbonyl (C=O) groups excluding carboxylic acids is 3. The molecule has 2 amide bonds. The highest BCUT2D eigenvalue weighted by atomic mass is 35.5. The van der Waals surface area contributed by atoms with Crippen LogP contribution in [0.2, 0.25) is 28.2 Å². The van der Waals surface area contributed by atoms with Gasteiger partial charge in [0.2, 0.25) is 0 Å². The van der Waals surface area contributed by atoms with Gasteiger partial charge in [-0.3, -0.25) is 14.5 Å². The Morgan fingerprint density at radius 3 is 1.67 bits per heavy atom. The van der Waals surface area contributed by atoms with E-state index in [-0.39, 0.29) is 53.0 Å². The number of nitrogens with zero attached hydrogens (tertiary/aromatic N) is 1. The second-order valence-corrected chi connectivity index (χ2v) is 20.2. The van der Waals surface area contributed by atoms with Crippen LogP contribution in [0.5, 0.6) is 11.5 Å². The second-order valence-electron chi connectivity index (χ2n) is 14.6. The van der Waals surface area contributed by atoms with Crippen LogP contribution in [0.25, 0.3) is 0 Å². The van der Waals surface area contributed by atoms with Crippen molar-refractivity contribution in [1.29, 1.82) is 0 Å². The van der Waals surface area contributed by atoms with Gasteiger partial charge >= 0.3 is 12.2 Å². The van der Waals surface area contributed by atoms with E-state index < -0.39 is 83.5 Å². The Kier molecular flexibility index (Phi) is 15.1. The maximum atomic E-state index is 16.4. The molecule has 11 nitrogen and oxygen atoms in total. The van der Waals surface area contributed by atoms with Gasteiger partial charge in [0.15, 0.2) is 31.5 Å². The average molecular weight is 792 g/mol. The van der Waals surface area contributed by atoms with Gasteiger partial charge in [-0.2, -0.15) is 0 Å². The molecular formula is C36H50Cl2F2N2O9Si. The number of hydrogen-bond acceptors (Lipinski definition) is 8. The molecule has 0 aliphatic heterocycles. The van der Waals surface area contributed by atoms with E-state index in [4.69, 9.17) is 41.8 Å². The highest BCUT2D eigenvalue weighted by Crippen LogP contribution is 2.44. The molecule has 2 atom stereocenters. The number of amides is 2. The van der Waals surface area contributed by atoms with Crippen LogP contribution >= 0.6 is 23.2 Å². The Morgan fingerprint density at radius 2 is 1.29 bits per heavy atom. The van der Waals surface area contributed by atoms with Gasteiger partial charge in [-0.05, 0) is 78.7 Å². The topological polar surface area (TPSA) is 141 Å². The summed E-state index contributed by atoms with van der Waals surface area (Å²) in [6.45, 7) is 19.5. The predicted octanol–water partition coefficient (Wildman–Crippen LogP) is 9.78. The van der Waals surface area contributed by atoms with Crippen molar-refractivity contribution in [3.05, 3.63) is 56.1 Å². The summed E-state index contributed by atoms with van der Waals surface area (Å²) in [7, 11) is -2.60. The minimum absolute atomic E-state index is 0.0188. The smallest absolute Gasteiger partial charge is 0.410 e. The normalized spacial score (nSPS) is 13.2. The summed E-state index contributed by atoms with van der Waals surface area (Å²) in [6, 6.07) is -0.727. The van der Waals surface area contributed by atoms with Gasteiger partial charge in [0.05, 0.1) is 64.2 Å². The zero-order valence-electron chi connectivity index (χ0n) is 31.8. The largest absolute Gasteiger partial charge is 0.493 e. The molecule has 2 unspecified atom stereocenters. The molecule has 0 saturated heterocycles. The minimum atomic E-state index is -2.60. The summed E-state index contributed by atoms with van der Waals surface area (Å²) < 4.78 is 55.9. The third-order valence-corrected chi connectivity index (χ3v) is 13.8. The molecule has 0 fully saturated rings. The fourth-order valence-corrected chi connectivity index (χ4v) is 6.65. The molecule has 2 N–H and O–H groups in total. The molecule has 2 aromatic rings. The molecule has 0 bridgehead atoms. The van der Waals surface area contributed by atoms with Gasteiger partial charge in [-0.25, -0.2) is 18.4 Å². The molecule has 290 valence electrons. The minimum Gasteiger partial charge on any atom is -0.493 e. The van der Waals surface area contributed by atoms with Crippen LogP contribution in [0.15, 0.2) is 12.1 Å². The third kappa shape index (κ3) is 10.4.